The van der Waals surface area contributed by atoms with Crippen LogP contribution in [-0.4, -0.2) is 4.98 Å². The van der Waals surface area contributed by atoms with Gasteiger partial charge in [-0.25, -0.2) is 4.98 Å². The van der Waals surface area contributed by atoms with Crippen molar-refractivity contribution in [1.82, 2.24) is 4.98 Å². The fraction of sp³-hybridized carbons (Fsp3) is 0. The van der Waals surface area contributed by atoms with E-state index in [1.54, 1.807) is 12.1 Å². The van der Waals surface area contributed by atoms with Crippen molar-refractivity contribution in [2.24, 2.45) is 0 Å². The third-order valence-electron chi connectivity index (χ3n) is 1.21. The number of pyridine rings is 1. The average molecular weight is 135 g/mol. The molecule has 0 aliphatic rings. The molecule has 0 radical (unpaired) electrons. The Hall–Kier alpha value is -1.51. The lowest BCUT2D eigenvalue weighted by Gasteiger charge is -1.98. The molecular weight excluding hydrogens is 126 g/mol. The Labute approximate surface area is 59.4 Å². The van der Waals surface area contributed by atoms with Gasteiger partial charge in [-0.15, -0.1) is 0 Å². The van der Waals surface area contributed by atoms with E-state index in [9.17, 15) is 0 Å². The monoisotopic (exact) mass is 135 g/mol. The molecule has 0 aliphatic heterocycles. The van der Waals surface area contributed by atoms with Crippen LogP contribution in [0.3, 0.4) is 0 Å². The summed E-state index contributed by atoms with van der Waals surface area (Å²) in [6.07, 6.45) is 3.17. The zero-order valence-electron chi connectivity index (χ0n) is 5.54. The van der Waals surface area contributed by atoms with Gasteiger partial charge < -0.3 is 11.5 Å². The molecule has 1 rings (SSSR count). The third kappa shape index (κ3) is 1.07. The summed E-state index contributed by atoms with van der Waals surface area (Å²) in [5, 5.41) is 0. The Bertz CT molecular complexity index is 255. The van der Waals surface area contributed by atoms with E-state index in [1.165, 1.54) is 6.20 Å². The molecule has 0 aliphatic carbocycles. The summed E-state index contributed by atoms with van der Waals surface area (Å²) in [6, 6.07) is 1.68. The molecule has 3 heteroatoms. The summed E-state index contributed by atoms with van der Waals surface area (Å²) in [5.41, 5.74) is 12.3. The highest BCUT2D eigenvalue weighted by molar-refractivity contribution is 5.64. The van der Waals surface area contributed by atoms with E-state index < -0.39 is 0 Å². The summed E-state index contributed by atoms with van der Waals surface area (Å²) in [5.74, 6) is 0.462. The first-order valence-corrected chi connectivity index (χ1v) is 2.87. The van der Waals surface area contributed by atoms with Crippen molar-refractivity contribution in [1.29, 1.82) is 0 Å². The molecule has 1 aromatic rings. The van der Waals surface area contributed by atoms with Gasteiger partial charge in [0.1, 0.15) is 5.82 Å². The van der Waals surface area contributed by atoms with Gasteiger partial charge >= 0.3 is 0 Å². The molecule has 3 nitrogen and oxygen atoms in total. The lowest BCUT2D eigenvalue weighted by molar-refractivity contribution is 1.33. The van der Waals surface area contributed by atoms with Crippen molar-refractivity contribution in [3.05, 3.63) is 24.4 Å². The Kier molecular flexibility index (Phi) is 1.58. The van der Waals surface area contributed by atoms with E-state index in [0.717, 1.165) is 5.56 Å². The molecule has 1 heterocycles. The summed E-state index contributed by atoms with van der Waals surface area (Å²) in [6.45, 7) is 3.57. The summed E-state index contributed by atoms with van der Waals surface area (Å²) >= 11 is 0. The first-order chi connectivity index (χ1) is 4.74. The fourth-order valence-corrected chi connectivity index (χ4v) is 0.675. The molecule has 52 valence electrons. The first-order valence-electron chi connectivity index (χ1n) is 2.87. The van der Waals surface area contributed by atoms with Gasteiger partial charge in [-0.1, -0.05) is 12.7 Å². The lowest BCUT2D eigenvalue weighted by Crippen LogP contribution is -1.94. The zero-order valence-corrected chi connectivity index (χ0v) is 5.54. The normalized spacial score (nSPS) is 9.20. The second-order valence-electron chi connectivity index (χ2n) is 1.94. The average Bonchev–Trinajstić information content (AvgIpc) is 1.94. The van der Waals surface area contributed by atoms with Crippen LogP contribution in [0.2, 0.25) is 0 Å². The van der Waals surface area contributed by atoms with Crippen molar-refractivity contribution >= 4 is 17.6 Å². The lowest BCUT2D eigenvalue weighted by atomic mass is 10.2. The van der Waals surface area contributed by atoms with Crippen LogP contribution in [0.15, 0.2) is 18.8 Å². The smallest absolute Gasteiger partial charge is 0.124 e. The van der Waals surface area contributed by atoms with Crippen LogP contribution in [0.5, 0.6) is 0 Å². The molecule has 0 atom stereocenters. The van der Waals surface area contributed by atoms with Gasteiger partial charge in [0.2, 0.25) is 0 Å². The van der Waals surface area contributed by atoms with Crippen molar-refractivity contribution in [3.8, 4) is 0 Å². The third-order valence-corrected chi connectivity index (χ3v) is 1.21. The van der Waals surface area contributed by atoms with Crippen molar-refractivity contribution in [2.45, 2.75) is 0 Å². The van der Waals surface area contributed by atoms with E-state index >= 15 is 0 Å². The zero-order chi connectivity index (χ0) is 7.56. The number of hydrogen-bond donors (Lipinski definition) is 2. The molecule has 0 spiro atoms. The number of nitrogens with two attached hydrogens (primary N) is 2. The van der Waals surface area contributed by atoms with Crippen LogP contribution >= 0.6 is 0 Å². The van der Waals surface area contributed by atoms with Gasteiger partial charge in [0.05, 0.1) is 11.9 Å². The summed E-state index contributed by atoms with van der Waals surface area (Å²) in [4.78, 5) is 3.79. The van der Waals surface area contributed by atoms with Gasteiger partial charge in [0, 0.05) is 5.56 Å². The summed E-state index contributed by atoms with van der Waals surface area (Å²) in [7, 11) is 0. The molecule has 0 amide bonds. The van der Waals surface area contributed by atoms with Gasteiger partial charge in [-0.05, 0) is 6.07 Å². The van der Waals surface area contributed by atoms with Gasteiger partial charge in [-0.3, -0.25) is 0 Å². The van der Waals surface area contributed by atoms with E-state index in [2.05, 4.69) is 11.6 Å². The van der Waals surface area contributed by atoms with E-state index in [1.807, 2.05) is 0 Å². The van der Waals surface area contributed by atoms with Crippen LogP contribution < -0.4 is 11.5 Å². The van der Waals surface area contributed by atoms with Gasteiger partial charge in [0.15, 0.2) is 0 Å². The van der Waals surface area contributed by atoms with Crippen molar-refractivity contribution in [2.75, 3.05) is 11.5 Å². The minimum atomic E-state index is 0.462. The maximum absolute atomic E-state index is 5.51. The Morgan fingerprint density at radius 1 is 1.50 bits per heavy atom. The van der Waals surface area contributed by atoms with E-state index in [4.69, 9.17) is 11.5 Å². The molecule has 0 aromatic carbocycles. The number of rotatable bonds is 1. The predicted octanol–water partition coefficient (Wildman–Crippen LogP) is 0.889. The molecule has 4 N–H and O–H groups in total. The standard InChI is InChI=1S/C7H9N3/c1-2-5-3-7(9)10-4-6(5)8/h2-4H,1,8H2,(H2,9,10). The largest absolute Gasteiger partial charge is 0.397 e. The SMILES string of the molecule is C=Cc1cc(N)ncc1N. The fourth-order valence-electron chi connectivity index (χ4n) is 0.675. The van der Waals surface area contributed by atoms with Crippen LogP contribution in [0, 0.1) is 0 Å². The highest BCUT2D eigenvalue weighted by Crippen LogP contribution is 2.12. The number of nitrogens with zero attached hydrogens (tertiary/aromatic N) is 1. The molecule has 0 unspecified atom stereocenters. The van der Waals surface area contributed by atoms with E-state index in [-0.39, 0.29) is 0 Å². The maximum Gasteiger partial charge on any atom is 0.124 e. The second kappa shape index (κ2) is 2.39. The number of nitrogen functional groups attached to an aromatic ring is 2. The molecule has 0 saturated heterocycles. The van der Waals surface area contributed by atoms with Crippen LogP contribution in [0.4, 0.5) is 11.5 Å². The van der Waals surface area contributed by atoms with Gasteiger partial charge in [-0.2, -0.15) is 0 Å². The Balaban J connectivity index is 3.21. The number of aromatic nitrogens is 1. The molecule has 0 saturated carbocycles. The molecule has 10 heavy (non-hydrogen) atoms. The van der Waals surface area contributed by atoms with Crippen LogP contribution in [-0.2, 0) is 0 Å². The van der Waals surface area contributed by atoms with Crippen molar-refractivity contribution < 1.29 is 0 Å². The van der Waals surface area contributed by atoms with E-state index in [0.29, 0.717) is 11.5 Å². The minimum absolute atomic E-state index is 0.462. The molecule has 0 bridgehead atoms. The van der Waals surface area contributed by atoms with Crippen LogP contribution in [0.1, 0.15) is 5.56 Å². The topological polar surface area (TPSA) is 64.9 Å². The highest BCUT2D eigenvalue weighted by atomic mass is 14.8. The summed E-state index contributed by atoms with van der Waals surface area (Å²) < 4.78 is 0. The van der Waals surface area contributed by atoms with Gasteiger partial charge in [0.25, 0.3) is 0 Å². The predicted molar refractivity (Wildman–Crippen MR) is 43.2 cm³/mol. The second-order valence-corrected chi connectivity index (χ2v) is 1.94. The Morgan fingerprint density at radius 3 is 2.70 bits per heavy atom. The maximum atomic E-state index is 5.51. The molecular formula is C7H9N3. The molecule has 0 fully saturated rings. The Morgan fingerprint density at radius 2 is 2.20 bits per heavy atom. The van der Waals surface area contributed by atoms with Crippen molar-refractivity contribution in [3.63, 3.8) is 0 Å². The minimum Gasteiger partial charge on any atom is -0.397 e. The highest BCUT2D eigenvalue weighted by Gasteiger charge is 1.93. The quantitative estimate of drug-likeness (QED) is 0.601. The first kappa shape index (κ1) is 6.61. The number of hydrogen-bond acceptors (Lipinski definition) is 3. The van der Waals surface area contributed by atoms with Crippen LogP contribution in [0.25, 0.3) is 6.08 Å². The molecule has 1 aromatic heterocycles. The number of anilines is 2.